The van der Waals surface area contributed by atoms with Crippen LogP contribution >= 0.6 is 0 Å². The minimum absolute atomic E-state index is 0.0550. The summed E-state index contributed by atoms with van der Waals surface area (Å²) in [6, 6.07) is 7.25. The third-order valence-electron chi connectivity index (χ3n) is 3.38. The van der Waals surface area contributed by atoms with Crippen molar-refractivity contribution in [2.75, 3.05) is 32.8 Å². The number of carbonyl (C=O) groups excluding carboxylic acids is 1. The number of rotatable bonds is 7. The van der Waals surface area contributed by atoms with E-state index in [2.05, 4.69) is 17.6 Å². The molecule has 0 spiro atoms. The minimum Gasteiger partial charge on any atom is -0.494 e. The molecular formula is C16H24N2O3. The molecule has 0 aliphatic carbocycles. The molecule has 116 valence electrons. The van der Waals surface area contributed by atoms with Gasteiger partial charge < -0.3 is 20.1 Å². The first-order valence-corrected chi connectivity index (χ1v) is 7.63. The Bertz CT molecular complexity index is 428. The van der Waals surface area contributed by atoms with Gasteiger partial charge in [0.15, 0.2) is 0 Å². The van der Waals surface area contributed by atoms with Crippen molar-refractivity contribution in [3.05, 3.63) is 29.8 Å². The van der Waals surface area contributed by atoms with Crippen molar-refractivity contribution in [2.24, 2.45) is 0 Å². The van der Waals surface area contributed by atoms with Crippen LogP contribution in [-0.2, 0) is 4.74 Å². The lowest BCUT2D eigenvalue weighted by Crippen LogP contribution is -2.45. The second kappa shape index (κ2) is 8.64. The molecule has 1 aliphatic rings. The van der Waals surface area contributed by atoms with Crippen LogP contribution in [0, 0.1) is 0 Å². The van der Waals surface area contributed by atoms with E-state index in [-0.39, 0.29) is 12.0 Å². The van der Waals surface area contributed by atoms with E-state index in [4.69, 9.17) is 9.47 Å². The lowest BCUT2D eigenvalue weighted by molar-refractivity contribution is 0.0287. The van der Waals surface area contributed by atoms with Crippen molar-refractivity contribution in [1.29, 1.82) is 0 Å². The molecule has 1 heterocycles. The van der Waals surface area contributed by atoms with Crippen LogP contribution in [0.15, 0.2) is 24.3 Å². The first-order chi connectivity index (χ1) is 10.3. The van der Waals surface area contributed by atoms with Crippen LogP contribution < -0.4 is 15.4 Å². The fourth-order valence-corrected chi connectivity index (χ4v) is 2.10. The van der Waals surface area contributed by atoms with Gasteiger partial charge in [-0.15, -0.1) is 0 Å². The quantitative estimate of drug-likeness (QED) is 0.749. The minimum atomic E-state index is -0.0794. The highest BCUT2D eigenvalue weighted by Crippen LogP contribution is 2.12. The van der Waals surface area contributed by atoms with E-state index in [1.165, 1.54) is 0 Å². The Morgan fingerprint density at radius 3 is 2.90 bits per heavy atom. The van der Waals surface area contributed by atoms with Gasteiger partial charge in [-0.2, -0.15) is 0 Å². The van der Waals surface area contributed by atoms with Gasteiger partial charge in [0.05, 0.1) is 19.3 Å². The molecule has 0 saturated carbocycles. The summed E-state index contributed by atoms with van der Waals surface area (Å²) < 4.78 is 11.1. The van der Waals surface area contributed by atoms with Gasteiger partial charge in [0.25, 0.3) is 5.91 Å². The van der Waals surface area contributed by atoms with Crippen LogP contribution in [0.25, 0.3) is 0 Å². The highest BCUT2D eigenvalue weighted by Gasteiger charge is 2.14. The standard InChI is InChI=1S/C16H24N2O3/c1-2-3-9-20-14-6-4-13(5-7-14)16(19)18-12-15-11-17-8-10-21-15/h4-7,15,17H,2-3,8-12H2,1H3,(H,18,19). The second-order valence-electron chi connectivity index (χ2n) is 5.13. The molecule has 2 rings (SSSR count). The first kappa shape index (κ1) is 15.8. The van der Waals surface area contributed by atoms with Crippen LogP contribution in [0.5, 0.6) is 5.75 Å². The van der Waals surface area contributed by atoms with Crippen molar-refractivity contribution >= 4 is 5.91 Å². The van der Waals surface area contributed by atoms with E-state index >= 15 is 0 Å². The van der Waals surface area contributed by atoms with E-state index in [9.17, 15) is 4.79 Å². The maximum atomic E-state index is 12.0. The van der Waals surface area contributed by atoms with Gasteiger partial charge in [0.1, 0.15) is 5.75 Å². The van der Waals surface area contributed by atoms with Crippen LogP contribution in [0.1, 0.15) is 30.1 Å². The fourth-order valence-electron chi connectivity index (χ4n) is 2.10. The molecule has 0 aromatic heterocycles. The number of ether oxygens (including phenoxy) is 2. The van der Waals surface area contributed by atoms with Gasteiger partial charge >= 0.3 is 0 Å². The largest absolute Gasteiger partial charge is 0.494 e. The van der Waals surface area contributed by atoms with Gasteiger partial charge in [0.2, 0.25) is 0 Å². The zero-order valence-corrected chi connectivity index (χ0v) is 12.6. The number of hydrogen-bond donors (Lipinski definition) is 2. The van der Waals surface area contributed by atoms with E-state index in [0.717, 1.165) is 31.7 Å². The average molecular weight is 292 g/mol. The SMILES string of the molecule is CCCCOc1ccc(C(=O)NCC2CNCCO2)cc1. The van der Waals surface area contributed by atoms with Crippen LogP contribution in [0.3, 0.4) is 0 Å². The summed E-state index contributed by atoms with van der Waals surface area (Å²) >= 11 is 0. The van der Waals surface area contributed by atoms with E-state index in [1.807, 2.05) is 12.1 Å². The molecule has 5 nitrogen and oxygen atoms in total. The van der Waals surface area contributed by atoms with Crippen LogP contribution in [0.2, 0.25) is 0 Å². The maximum Gasteiger partial charge on any atom is 0.251 e. The number of carbonyl (C=O) groups is 1. The molecule has 1 saturated heterocycles. The molecule has 1 aromatic carbocycles. The van der Waals surface area contributed by atoms with Crippen molar-refractivity contribution in [3.8, 4) is 5.75 Å². The van der Waals surface area contributed by atoms with Gasteiger partial charge in [0, 0.05) is 25.2 Å². The van der Waals surface area contributed by atoms with E-state index in [0.29, 0.717) is 25.3 Å². The summed E-state index contributed by atoms with van der Waals surface area (Å²) in [7, 11) is 0. The highest BCUT2D eigenvalue weighted by atomic mass is 16.5. The van der Waals surface area contributed by atoms with E-state index in [1.54, 1.807) is 12.1 Å². The van der Waals surface area contributed by atoms with Crippen molar-refractivity contribution in [2.45, 2.75) is 25.9 Å². The molecule has 1 fully saturated rings. The molecule has 1 aromatic rings. The molecule has 1 atom stereocenters. The molecule has 1 amide bonds. The summed E-state index contributed by atoms with van der Waals surface area (Å²) in [5.74, 6) is 0.726. The molecule has 5 heteroatoms. The van der Waals surface area contributed by atoms with Crippen molar-refractivity contribution in [1.82, 2.24) is 10.6 Å². The second-order valence-corrected chi connectivity index (χ2v) is 5.13. The molecular weight excluding hydrogens is 268 g/mol. The normalized spacial score (nSPS) is 18.2. The molecule has 0 radical (unpaired) electrons. The summed E-state index contributed by atoms with van der Waals surface area (Å²) in [4.78, 5) is 12.0. The number of nitrogens with one attached hydrogen (secondary N) is 2. The van der Waals surface area contributed by atoms with Crippen LogP contribution in [0.4, 0.5) is 0 Å². The third-order valence-corrected chi connectivity index (χ3v) is 3.38. The Hall–Kier alpha value is -1.59. The van der Waals surface area contributed by atoms with Crippen molar-refractivity contribution < 1.29 is 14.3 Å². The Labute approximate surface area is 126 Å². The van der Waals surface area contributed by atoms with Gasteiger partial charge in [-0.25, -0.2) is 0 Å². The monoisotopic (exact) mass is 292 g/mol. The topological polar surface area (TPSA) is 59.6 Å². The Morgan fingerprint density at radius 2 is 2.24 bits per heavy atom. The lowest BCUT2D eigenvalue weighted by atomic mass is 10.2. The number of benzene rings is 1. The predicted molar refractivity (Wildman–Crippen MR) is 81.8 cm³/mol. The van der Waals surface area contributed by atoms with E-state index < -0.39 is 0 Å². The Balaban J connectivity index is 1.76. The smallest absolute Gasteiger partial charge is 0.251 e. The summed E-state index contributed by atoms with van der Waals surface area (Å²) in [6.45, 7) is 5.73. The predicted octanol–water partition coefficient (Wildman–Crippen LogP) is 1.58. The summed E-state index contributed by atoms with van der Waals surface area (Å²) in [5, 5.41) is 6.13. The number of amides is 1. The third kappa shape index (κ3) is 5.36. The Morgan fingerprint density at radius 1 is 1.43 bits per heavy atom. The average Bonchev–Trinajstić information content (AvgIpc) is 2.54. The zero-order valence-electron chi connectivity index (χ0n) is 12.6. The van der Waals surface area contributed by atoms with Crippen molar-refractivity contribution in [3.63, 3.8) is 0 Å². The summed E-state index contributed by atoms with van der Waals surface area (Å²) in [5.41, 5.74) is 0.640. The zero-order chi connectivity index (χ0) is 14.9. The maximum absolute atomic E-state index is 12.0. The fraction of sp³-hybridized carbons (Fsp3) is 0.562. The highest BCUT2D eigenvalue weighted by molar-refractivity contribution is 5.94. The first-order valence-electron chi connectivity index (χ1n) is 7.63. The lowest BCUT2D eigenvalue weighted by Gasteiger charge is -2.23. The molecule has 0 bridgehead atoms. The van der Waals surface area contributed by atoms with Gasteiger partial charge in [-0.05, 0) is 30.7 Å². The van der Waals surface area contributed by atoms with Crippen LogP contribution in [-0.4, -0.2) is 44.9 Å². The molecule has 21 heavy (non-hydrogen) atoms. The number of morpholine rings is 1. The van der Waals surface area contributed by atoms with Gasteiger partial charge in [-0.3, -0.25) is 4.79 Å². The summed E-state index contributed by atoms with van der Waals surface area (Å²) in [6.07, 6.45) is 2.20. The molecule has 1 aliphatic heterocycles. The van der Waals surface area contributed by atoms with Gasteiger partial charge in [-0.1, -0.05) is 13.3 Å². The number of hydrogen-bond acceptors (Lipinski definition) is 4. The number of unbranched alkanes of at least 4 members (excludes halogenated alkanes) is 1. The Kier molecular flexibility index (Phi) is 6.50. The molecule has 2 N–H and O–H groups in total. The molecule has 1 unspecified atom stereocenters.